The van der Waals surface area contributed by atoms with Gasteiger partial charge in [0.05, 0.1) is 13.0 Å². The van der Waals surface area contributed by atoms with Gasteiger partial charge >= 0.3 is 5.97 Å². The van der Waals surface area contributed by atoms with Crippen LogP contribution in [0.25, 0.3) is 10.9 Å². The van der Waals surface area contributed by atoms with Crippen LogP contribution in [0.2, 0.25) is 0 Å². The first-order valence-corrected chi connectivity index (χ1v) is 20.4. The molecule has 2 fully saturated rings. The highest BCUT2D eigenvalue weighted by atomic mass is 33.1. The number of aliphatic imine (C=N–C) groups is 1. The van der Waals surface area contributed by atoms with E-state index in [1.807, 2.05) is 0 Å². The minimum Gasteiger partial charge on any atom is -0.481 e. The number of nitrogens with one attached hydrogen (secondary N) is 6. The molecule has 56 heavy (non-hydrogen) atoms. The molecular weight excluding hydrogens is 771 g/mol. The first-order valence-electron chi connectivity index (χ1n) is 17.9. The van der Waals surface area contributed by atoms with Gasteiger partial charge in [-0.15, -0.1) is 0 Å². The SMILES string of the molecule is NC(=O)C1CSSCCC(=O)NC(CCCCN=C(N)N)C(=O)NCC(=O)NC(CC(=O)O)C(=O)NC(c2c[nH]c3ccccc23)C(=O)N2CCCC2C(=O)N1. The number of nitrogens with zero attached hydrogens (tertiary/aromatic N) is 2. The smallest absolute Gasteiger partial charge is 0.305 e. The van der Waals surface area contributed by atoms with E-state index in [9.17, 15) is 43.5 Å². The highest BCUT2D eigenvalue weighted by molar-refractivity contribution is 8.76. The van der Waals surface area contributed by atoms with Crippen molar-refractivity contribution in [2.24, 2.45) is 22.2 Å². The van der Waals surface area contributed by atoms with Gasteiger partial charge in [0.25, 0.3) is 5.91 Å². The van der Waals surface area contributed by atoms with Gasteiger partial charge in [0.2, 0.25) is 35.4 Å². The van der Waals surface area contributed by atoms with Crippen molar-refractivity contribution in [3.63, 3.8) is 0 Å². The summed E-state index contributed by atoms with van der Waals surface area (Å²) in [6.45, 7) is -0.260. The van der Waals surface area contributed by atoms with Gasteiger partial charge in [0, 0.05) is 53.7 Å². The number of fused-ring (bicyclic) bond motifs is 2. The van der Waals surface area contributed by atoms with Crippen LogP contribution in [0.4, 0.5) is 0 Å². The molecule has 4 rings (SSSR count). The van der Waals surface area contributed by atoms with Crippen LogP contribution >= 0.6 is 21.6 Å². The standard InChI is InChI=1S/C34H47N11O9S2/c35-29(50)23-17-56-55-13-10-25(46)41-21(8-3-4-11-38-34(36)37)30(51)40-16-26(47)42-22(14-27(48)49)31(52)44-28(19-15-39-20-7-2-1-6-18(19)20)33(54)45-12-5-9-24(45)32(53)43-23/h1-2,6-7,15,21-24,28,39H,3-5,8-14,16-17H2,(H2,35,50)(H,40,51)(H,41,46)(H,42,47)(H,43,53)(H,44,52)(H,48,49)(H4,36,37,38). The van der Waals surface area contributed by atoms with E-state index < -0.39 is 90.5 Å². The van der Waals surface area contributed by atoms with Crippen molar-refractivity contribution >= 4 is 85.8 Å². The molecule has 13 N–H and O–H groups in total. The van der Waals surface area contributed by atoms with Crippen LogP contribution in [0.3, 0.4) is 0 Å². The number of para-hydroxylation sites is 1. The van der Waals surface area contributed by atoms with E-state index in [0.717, 1.165) is 0 Å². The topological polar surface area (TPSA) is 326 Å². The molecule has 5 atom stereocenters. The quantitative estimate of drug-likeness (QED) is 0.0572. The number of carbonyl (C=O) groups excluding carboxylic acids is 7. The minimum absolute atomic E-state index is 0.0216. The Labute approximate surface area is 329 Å². The maximum atomic E-state index is 14.4. The number of hydrogen-bond donors (Lipinski definition) is 10. The van der Waals surface area contributed by atoms with Gasteiger partial charge in [-0.3, -0.25) is 43.3 Å². The number of primary amides is 1. The van der Waals surface area contributed by atoms with Crippen molar-refractivity contribution in [1.82, 2.24) is 36.5 Å². The van der Waals surface area contributed by atoms with Crippen LogP contribution in [0.1, 0.15) is 56.6 Å². The Morgan fingerprint density at radius 2 is 1.64 bits per heavy atom. The minimum atomic E-state index is -1.70. The van der Waals surface area contributed by atoms with Crippen molar-refractivity contribution in [3.05, 3.63) is 36.0 Å². The van der Waals surface area contributed by atoms with Gasteiger partial charge in [-0.2, -0.15) is 0 Å². The van der Waals surface area contributed by atoms with E-state index in [2.05, 4.69) is 36.6 Å². The first kappa shape index (κ1) is 43.2. The molecule has 0 saturated carbocycles. The molecule has 3 heterocycles. The fraction of sp³-hybridized carbons (Fsp3) is 0.500. The van der Waals surface area contributed by atoms with Crippen molar-refractivity contribution in [1.29, 1.82) is 0 Å². The molecule has 1 aromatic carbocycles. The largest absolute Gasteiger partial charge is 0.481 e. The van der Waals surface area contributed by atoms with Gasteiger partial charge in [-0.1, -0.05) is 39.8 Å². The van der Waals surface area contributed by atoms with Crippen molar-refractivity contribution in [3.8, 4) is 0 Å². The number of amides is 7. The Balaban J connectivity index is 1.64. The average Bonchev–Trinajstić information content (AvgIpc) is 3.81. The maximum absolute atomic E-state index is 14.4. The predicted molar refractivity (Wildman–Crippen MR) is 208 cm³/mol. The van der Waals surface area contributed by atoms with E-state index in [1.54, 1.807) is 24.3 Å². The first-order chi connectivity index (χ1) is 26.7. The number of unbranched alkanes of at least 4 members (excludes halogenated alkanes) is 1. The molecule has 0 aliphatic carbocycles. The summed E-state index contributed by atoms with van der Waals surface area (Å²) >= 11 is 0. The third-order valence-corrected chi connectivity index (χ3v) is 11.4. The molecule has 5 unspecified atom stereocenters. The number of nitrogens with two attached hydrogens (primary N) is 3. The lowest BCUT2D eigenvalue weighted by atomic mass is 10.0. The molecule has 0 radical (unpaired) electrons. The lowest BCUT2D eigenvalue weighted by molar-refractivity contribution is -0.143. The summed E-state index contributed by atoms with van der Waals surface area (Å²) in [6, 6.07) is 0.576. The van der Waals surface area contributed by atoms with E-state index in [-0.39, 0.29) is 49.8 Å². The Morgan fingerprint density at radius 3 is 2.38 bits per heavy atom. The molecule has 0 bridgehead atoms. The molecule has 304 valence electrons. The van der Waals surface area contributed by atoms with Crippen LogP contribution in [-0.2, 0) is 38.4 Å². The summed E-state index contributed by atoms with van der Waals surface area (Å²) in [5.74, 6) is -6.47. The van der Waals surface area contributed by atoms with Crippen LogP contribution in [0.5, 0.6) is 0 Å². The monoisotopic (exact) mass is 817 g/mol. The fourth-order valence-corrected chi connectivity index (χ4v) is 8.38. The van der Waals surface area contributed by atoms with Gasteiger partial charge in [-0.25, -0.2) is 0 Å². The summed E-state index contributed by atoms with van der Waals surface area (Å²) in [5, 5.41) is 22.9. The number of carbonyl (C=O) groups is 8. The second-order valence-electron chi connectivity index (χ2n) is 13.1. The second kappa shape index (κ2) is 21.0. The van der Waals surface area contributed by atoms with Gasteiger partial charge in [-0.05, 0) is 38.2 Å². The molecule has 7 amide bonds. The van der Waals surface area contributed by atoms with Crippen molar-refractivity contribution in [2.75, 3.05) is 31.1 Å². The summed E-state index contributed by atoms with van der Waals surface area (Å²) in [6.07, 6.45) is 2.34. The number of carboxylic acids is 1. The zero-order valence-corrected chi connectivity index (χ0v) is 32.0. The van der Waals surface area contributed by atoms with Gasteiger partial charge in [0.15, 0.2) is 5.96 Å². The van der Waals surface area contributed by atoms with Gasteiger partial charge < -0.3 is 58.8 Å². The van der Waals surface area contributed by atoms with Crippen LogP contribution in [0, 0.1) is 0 Å². The molecule has 0 spiro atoms. The molecule has 22 heteroatoms. The van der Waals surface area contributed by atoms with Crippen LogP contribution < -0.4 is 43.8 Å². The van der Waals surface area contributed by atoms with E-state index in [0.29, 0.717) is 35.7 Å². The number of aliphatic carboxylic acids is 1. The Hall–Kier alpha value is -5.51. The number of aromatic nitrogens is 1. The molecule has 1 aromatic heterocycles. The lowest BCUT2D eigenvalue weighted by Crippen LogP contribution is -2.56. The summed E-state index contributed by atoms with van der Waals surface area (Å²) in [7, 11) is 2.44. The van der Waals surface area contributed by atoms with E-state index >= 15 is 0 Å². The predicted octanol–water partition coefficient (Wildman–Crippen LogP) is -1.92. The van der Waals surface area contributed by atoms with Crippen molar-refractivity contribution < 1.29 is 43.5 Å². The lowest BCUT2D eigenvalue weighted by Gasteiger charge is -2.30. The summed E-state index contributed by atoms with van der Waals surface area (Å²) in [4.78, 5) is 114. The van der Waals surface area contributed by atoms with E-state index in [1.165, 1.54) is 32.7 Å². The number of hydrogen-bond acceptors (Lipinski definition) is 11. The molecule has 2 aromatic rings. The third-order valence-electron chi connectivity index (χ3n) is 9.00. The number of guanidine groups is 1. The second-order valence-corrected chi connectivity index (χ2v) is 15.7. The van der Waals surface area contributed by atoms with Gasteiger partial charge in [0.1, 0.15) is 30.2 Å². The number of H-pyrrole nitrogens is 1. The molecule has 2 aliphatic rings. The molecule has 2 saturated heterocycles. The van der Waals surface area contributed by atoms with Crippen molar-refractivity contribution in [2.45, 2.75) is 75.2 Å². The zero-order valence-electron chi connectivity index (χ0n) is 30.4. The number of aromatic amines is 1. The molecule has 2 aliphatic heterocycles. The Bertz CT molecular complexity index is 1820. The molecule has 20 nitrogen and oxygen atoms in total. The highest BCUT2D eigenvalue weighted by Gasteiger charge is 2.41. The molecular formula is C34H47N11O9S2. The van der Waals surface area contributed by atoms with E-state index in [4.69, 9.17) is 17.2 Å². The normalized spacial score (nSPS) is 23.9. The summed E-state index contributed by atoms with van der Waals surface area (Å²) < 4.78 is 0. The third kappa shape index (κ3) is 12.5. The fourth-order valence-electron chi connectivity index (χ4n) is 6.21. The number of rotatable bonds is 9. The zero-order chi connectivity index (χ0) is 40.8. The number of carboxylic acid groups (broad SMARTS) is 1. The Kier molecular flexibility index (Phi) is 16.2. The van der Waals surface area contributed by atoms with Crippen LogP contribution in [0.15, 0.2) is 35.5 Å². The maximum Gasteiger partial charge on any atom is 0.305 e. The summed E-state index contributed by atoms with van der Waals surface area (Å²) in [5.41, 5.74) is 17.3. The Morgan fingerprint density at radius 1 is 0.893 bits per heavy atom. The highest BCUT2D eigenvalue weighted by Crippen LogP contribution is 2.29. The average molecular weight is 818 g/mol. The number of benzene rings is 1. The van der Waals surface area contributed by atoms with Crippen LogP contribution in [-0.4, -0.2) is 124 Å².